The van der Waals surface area contributed by atoms with Gasteiger partial charge in [0, 0.05) is 6.08 Å². The van der Waals surface area contributed by atoms with Gasteiger partial charge in [-0.25, -0.2) is 4.79 Å². The number of carboxylic acids is 1. The number of phenols is 2. The van der Waals surface area contributed by atoms with Crippen molar-refractivity contribution in [2.24, 2.45) is 0 Å². The Kier molecular flexibility index (Phi) is 15.7. The maximum Gasteiger partial charge on any atom is 0.331 e. The molecule has 0 spiro atoms. The number of hydrogen-bond acceptors (Lipinski definition) is 19. The zero-order chi connectivity index (χ0) is 42.0. The number of ether oxygens (including phenoxy) is 7. The van der Waals surface area contributed by atoms with E-state index < -0.39 is 117 Å². The maximum absolute atomic E-state index is 12.9. The van der Waals surface area contributed by atoms with Crippen molar-refractivity contribution < 1.29 is 98.6 Å². The van der Waals surface area contributed by atoms with Crippen LogP contribution in [0.1, 0.15) is 30.9 Å². The molecule has 11 atom stereocenters. The molecule has 20 heteroatoms. The van der Waals surface area contributed by atoms with Gasteiger partial charge in [-0.1, -0.05) is 18.2 Å². The number of aliphatic hydroxyl groups excluding tert-OH is 7. The van der Waals surface area contributed by atoms with Crippen molar-refractivity contribution >= 4 is 30.1 Å². The van der Waals surface area contributed by atoms with Gasteiger partial charge in [-0.15, -0.1) is 0 Å². The highest BCUT2D eigenvalue weighted by Gasteiger charge is 2.50. The first-order valence-electron chi connectivity index (χ1n) is 17.4. The Bertz CT molecular complexity index is 1730. The molecule has 2 fully saturated rings. The van der Waals surface area contributed by atoms with Crippen molar-refractivity contribution in [3.63, 3.8) is 0 Å². The quantitative estimate of drug-likeness (QED) is 0.0645. The Morgan fingerprint density at radius 2 is 1.46 bits per heavy atom. The van der Waals surface area contributed by atoms with E-state index in [2.05, 4.69) is 0 Å². The summed E-state index contributed by atoms with van der Waals surface area (Å²) < 4.78 is 37.8. The zero-order valence-electron chi connectivity index (χ0n) is 30.6. The summed E-state index contributed by atoms with van der Waals surface area (Å²) in [6, 6.07) is 8.41. The Morgan fingerprint density at radius 1 is 0.807 bits per heavy atom. The predicted molar refractivity (Wildman–Crippen MR) is 190 cm³/mol. The highest BCUT2D eigenvalue weighted by atomic mass is 16.7. The molecule has 0 radical (unpaired) electrons. The molecule has 2 aromatic carbocycles. The minimum absolute atomic E-state index is 0.00991. The van der Waals surface area contributed by atoms with E-state index in [1.807, 2.05) is 0 Å². The van der Waals surface area contributed by atoms with E-state index in [4.69, 9.17) is 33.2 Å². The van der Waals surface area contributed by atoms with E-state index >= 15 is 0 Å². The average molecular weight is 811 g/mol. The molecule has 20 nitrogen and oxygen atoms in total. The summed E-state index contributed by atoms with van der Waals surface area (Å²) in [6.45, 7) is -0.676. The summed E-state index contributed by atoms with van der Waals surface area (Å²) in [4.78, 5) is 37.1. The van der Waals surface area contributed by atoms with Crippen molar-refractivity contribution in [1.29, 1.82) is 0 Å². The van der Waals surface area contributed by atoms with Gasteiger partial charge in [0.05, 0.1) is 38.8 Å². The van der Waals surface area contributed by atoms with Gasteiger partial charge in [0.1, 0.15) is 55.1 Å². The number of aliphatic hydroxyl groups is 7. The van der Waals surface area contributed by atoms with Crippen LogP contribution in [0.5, 0.6) is 23.0 Å². The Balaban J connectivity index is 1.35. The third-order valence-corrected chi connectivity index (χ3v) is 8.83. The molecule has 2 heterocycles. The van der Waals surface area contributed by atoms with Crippen LogP contribution in [0.4, 0.5) is 0 Å². The van der Waals surface area contributed by atoms with E-state index in [1.165, 1.54) is 68.7 Å². The summed E-state index contributed by atoms with van der Waals surface area (Å²) in [6.07, 6.45) is -13.0. The van der Waals surface area contributed by atoms with Crippen molar-refractivity contribution in [2.75, 3.05) is 26.9 Å². The molecular formula is C37H46O20. The molecule has 2 aromatic rings. The highest BCUT2D eigenvalue weighted by molar-refractivity contribution is 5.87. The summed E-state index contributed by atoms with van der Waals surface area (Å²) in [5, 5.41) is 101. The van der Waals surface area contributed by atoms with Crippen LogP contribution in [-0.2, 0) is 38.1 Å². The number of aromatic hydroxyl groups is 2. The Labute approximate surface area is 324 Å². The molecule has 0 unspecified atom stereocenters. The fraction of sp³-hybridized carbons (Fsp3) is 0.486. The lowest BCUT2D eigenvalue weighted by Gasteiger charge is -2.44. The summed E-state index contributed by atoms with van der Waals surface area (Å²) >= 11 is 0. The molecule has 57 heavy (non-hydrogen) atoms. The van der Waals surface area contributed by atoms with Crippen LogP contribution in [-0.4, -0.2) is 163 Å². The number of aliphatic carboxylic acids is 1. The van der Waals surface area contributed by atoms with Crippen molar-refractivity contribution in [3.8, 4) is 23.0 Å². The van der Waals surface area contributed by atoms with E-state index in [1.54, 1.807) is 0 Å². The van der Waals surface area contributed by atoms with Crippen LogP contribution in [0.15, 0.2) is 48.6 Å². The second-order valence-corrected chi connectivity index (χ2v) is 13.3. The van der Waals surface area contributed by atoms with E-state index in [0.717, 1.165) is 6.08 Å². The molecular weight excluding hydrogens is 764 g/mol. The third kappa shape index (κ3) is 11.8. The summed E-state index contributed by atoms with van der Waals surface area (Å²) in [5.41, 5.74) is -1.07. The normalized spacial score (nSPS) is 28.8. The van der Waals surface area contributed by atoms with Crippen molar-refractivity contribution in [3.05, 3.63) is 59.7 Å². The fourth-order valence-electron chi connectivity index (χ4n) is 5.90. The molecule has 0 aromatic heterocycles. The monoisotopic (exact) mass is 810 g/mol. The maximum atomic E-state index is 12.9. The second-order valence-electron chi connectivity index (χ2n) is 13.3. The van der Waals surface area contributed by atoms with Gasteiger partial charge in [-0.05, 0) is 54.5 Å². The third-order valence-electron chi connectivity index (χ3n) is 8.83. The number of rotatable bonds is 17. The van der Waals surface area contributed by atoms with Crippen molar-refractivity contribution in [1.82, 2.24) is 0 Å². The molecule has 0 bridgehead atoms. The minimum Gasteiger partial charge on any atom is -0.508 e. The lowest BCUT2D eigenvalue weighted by molar-refractivity contribution is -0.326. The summed E-state index contributed by atoms with van der Waals surface area (Å²) in [5.74, 6) is -4.19. The molecule has 10 N–H and O–H groups in total. The molecule has 2 aliphatic heterocycles. The first kappa shape index (κ1) is 44.8. The van der Waals surface area contributed by atoms with E-state index in [0.29, 0.717) is 11.1 Å². The number of hydrogen-bond donors (Lipinski definition) is 10. The number of benzene rings is 2. The van der Waals surface area contributed by atoms with Gasteiger partial charge in [0.25, 0.3) is 0 Å². The van der Waals surface area contributed by atoms with Crippen molar-refractivity contribution in [2.45, 2.75) is 86.8 Å². The minimum atomic E-state index is -1.94. The highest BCUT2D eigenvalue weighted by Crippen LogP contribution is 2.40. The zero-order valence-corrected chi connectivity index (χ0v) is 30.6. The Morgan fingerprint density at radius 3 is 2.09 bits per heavy atom. The van der Waals surface area contributed by atoms with Crippen LogP contribution in [0.25, 0.3) is 12.2 Å². The molecule has 2 aliphatic rings. The van der Waals surface area contributed by atoms with E-state index in [-0.39, 0.29) is 23.9 Å². The smallest absolute Gasteiger partial charge is 0.331 e. The van der Waals surface area contributed by atoms with Crippen LogP contribution in [0.2, 0.25) is 0 Å². The Hall–Kier alpha value is -4.87. The second kappa shape index (κ2) is 20.0. The number of carboxylic acid groups (broad SMARTS) is 1. The van der Waals surface area contributed by atoms with Crippen LogP contribution in [0, 0.1) is 0 Å². The topological polar surface area (TPSA) is 318 Å². The number of carbonyl (C=O) groups is 3. The number of phenolic OH excluding ortho intramolecular Hbond substituents is 2. The van der Waals surface area contributed by atoms with Gasteiger partial charge in [0.15, 0.2) is 23.9 Å². The lowest BCUT2D eigenvalue weighted by Crippen LogP contribution is -2.61. The van der Waals surface area contributed by atoms with Crippen LogP contribution >= 0.6 is 0 Å². The molecule has 2 saturated heterocycles. The molecule has 0 aliphatic carbocycles. The number of carbonyl (C=O) groups excluding carboxylic acids is 2. The standard InChI is InChI=1S/C37H46O20/c1-37(14-25(42)43,57-36-32(50)30(48)34(24(17-39)54-36)55-26(44)10-7-18-5-8-20(40)9-6-18)15-27(45)52-11-3-4-19-12-21(41)33(22(13-19)51-2)56-35-31(49)29(47)28(46)23(16-38)53-35/h3-10,12-13,23-24,28-32,34-36,38-41,46-50H,11,14-17H2,1-2H3,(H,42,43)/b4-3+,10-7-/t23-,24-,28-,29+,30-,31-,32-,34-,35+,36+,37+/m1/s1. The average Bonchev–Trinajstić information content (AvgIpc) is 3.16. The fourth-order valence-corrected chi connectivity index (χ4v) is 5.90. The predicted octanol–water partition coefficient (Wildman–Crippen LogP) is -1.45. The summed E-state index contributed by atoms with van der Waals surface area (Å²) in [7, 11) is 1.25. The van der Waals surface area contributed by atoms with Gasteiger partial charge in [0.2, 0.25) is 12.0 Å². The van der Waals surface area contributed by atoms with Gasteiger partial charge >= 0.3 is 17.9 Å². The largest absolute Gasteiger partial charge is 0.508 e. The lowest BCUT2D eigenvalue weighted by atomic mass is 9.95. The van der Waals surface area contributed by atoms with Crippen LogP contribution < -0.4 is 9.47 Å². The van der Waals surface area contributed by atoms with Gasteiger partial charge in [-0.2, -0.15) is 0 Å². The SMILES string of the molecule is COc1cc(/C=C/COC(=O)C[C@](C)(CC(=O)O)O[C@@H]2O[C@H](CO)[C@@H](OC(=O)/C=C\c3ccc(O)cc3)[C@H](O)[C@H]2O)cc(O)c1O[C@@H]1O[C@H](CO)[C@@H](O)[C@H](O)[C@H]1O. The number of methoxy groups -OCH3 is 1. The van der Waals surface area contributed by atoms with Gasteiger partial charge in [-0.3, -0.25) is 9.59 Å². The van der Waals surface area contributed by atoms with E-state index in [9.17, 15) is 65.4 Å². The molecule has 4 rings (SSSR count). The first-order valence-corrected chi connectivity index (χ1v) is 17.4. The van der Waals surface area contributed by atoms with Gasteiger partial charge < -0.3 is 84.2 Å². The first-order chi connectivity index (χ1) is 27.0. The number of esters is 2. The molecule has 314 valence electrons. The molecule has 0 saturated carbocycles. The van der Waals surface area contributed by atoms with Crippen LogP contribution in [0.3, 0.4) is 0 Å². The molecule has 0 amide bonds.